The third-order valence-corrected chi connectivity index (χ3v) is 7.51. The summed E-state index contributed by atoms with van der Waals surface area (Å²) in [4.78, 5) is 51.4. The van der Waals surface area contributed by atoms with Gasteiger partial charge >= 0.3 is 11.9 Å². The number of aliphatic carboxylic acids is 2. The first-order valence-electron chi connectivity index (χ1n) is 13.3. The molecule has 228 valence electrons. The number of rotatable bonds is 13. The van der Waals surface area contributed by atoms with E-state index < -0.39 is 23.8 Å². The molecule has 0 unspecified atom stereocenters. The second-order valence-corrected chi connectivity index (χ2v) is 10.5. The van der Waals surface area contributed by atoms with Gasteiger partial charge in [0.15, 0.2) is 11.5 Å². The van der Waals surface area contributed by atoms with Crippen LogP contribution < -0.4 is 20.1 Å². The Balaban J connectivity index is 1.69. The number of benzene rings is 3. The molecule has 3 aromatic carbocycles. The number of aromatic nitrogens is 1. The molecule has 0 saturated carbocycles. The van der Waals surface area contributed by atoms with E-state index in [0.717, 1.165) is 16.0 Å². The van der Waals surface area contributed by atoms with Crippen LogP contribution in [-0.4, -0.2) is 58.3 Å². The van der Waals surface area contributed by atoms with E-state index >= 15 is 0 Å². The maximum absolute atomic E-state index is 12.1. The van der Waals surface area contributed by atoms with E-state index in [1.807, 2.05) is 12.1 Å². The molecule has 4 aromatic rings. The van der Waals surface area contributed by atoms with Gasteiger partial charge in [0.05, 0.1) is 37.6 Å². The second-order valence-electron chi connectivity index (χ2n) is 9.46. The number of carbonyl (C=O) groups excluding carboxylic acids is 2. The molecule has 0 spiro atoms. The Hall–Kier alpha value is -5.43. The lowest BCUT2D eigenvalue weighted by molar-refractivity contribution is -0.138. The van der Waals surface area contributed by atoms with Crippen LogP contribution in [0.15, 0.2) is 60.7 Å². The third kappa shape index (κ3) is 7.89. The Labute approximate surface area is 255 Å². The lowest BCUT2D eigenvalue weighted by Crippen LogP contribution is -2.13. The standard InChI is InChI=1S/C31H29N3O9S/c1-42-22-15-19(16-23(43-2)29(22)41)31-34-28(17-3-7-20(8-4-17)32-24(35)11-13-26(37)38)30(44-31)18-5-9-21(10-6-18)33-25(36)12-14-27(39)40/h3-10,15-16,41H,11-14H2,1-2H3,(H,32,35)(H,33,36)(H,37,38)(H,39,40). The number of methoxy groups -OCH3 is 2. The van der Waals surface area contributed by atoms with Crippen molar-refractivity contribution >= 4 is 46.5 Å². The molecule has 12 nitrogen and oxygen atoms in total. The van der Waals surface area contributed by atoms with Crippen LogP contribution in [0.25, 0.3) is 32.3 Å². The minimum absolute atomic E-state index is 0.141. The quantitative estimate of drug-likeness (QED) is 0.128. The van der Waals surface area contributed by atoms with E-state index in [4.69, 9.17) is 24.7 Å². The number of phenolic OH excluding ortho intramolecular Hbond substituents is 1. The fourth-order valence-corrected chi connectivity index (χ4v) is 5.24. The van der Waals surface area contributed by atoms with Crippen LogP contribution in [0.5, 0.6) is 17.2 Å². The molecule has 4 rings (SSSR count). The topological polar surface area (TPSA) is 184 Å². The van der Waals surface area contributed by atoms with E-state index in [1.54, 1.807) is 48.5 Å². The van der Waals surface area contributed by atoms with Gasteiger partial charge in [-0.05, 0) is 42.0 Å². The Morgan fingerprint density at radius 2 is 1.16 bits per heavy atom. The van der Waals surface area contributed by atoms with Gasteiger partial charge in [-0.2, -0.15) is 0 Å². The number of carboxylic acid groups (broad SMARTS) is 2. The highest BCUT2D eigenvalue weighted by Gasteiger charge is 2.20. The lowest BCUT2D eigenvalue weighted by Gasteiger charge is -2.10. The van der Waals surface area contributed by atoms with Crippen molar-refractivity contribution in [2.24, 2.45) is 0 Å². The number of anilines is 2. The smallest absolute Gasteiger partial charge is 0.303 e. The maximum atomic E-state index is 12.1. The van der Waals surface area contributed by atoms with E-state index in [0.29, 0.717) is 27.6 Å². The van der Waals surface area contributed by atoms with Gasteiger partial charge in [0.2, 0.25) is 17.6 Å². The number of ether oxygens (including phenoxy) is 2. The number of hydrogen-bond acceptors (Lipinski definition) is 9. The normalized spacial score (nSPS) is 10.6. The Bertz CT molecular complexity index is 1560. The Morgan fingerprint density at radius 1 is 0.705 bits per heavy atom. The van der Waals surface area contributed by atoms with E-state index in [2.05, 4.69) is 10.6 Å². The average molecular weight is 620 g/mol. The molecule has 0 radical (unpaired) electrons. The van der Waals surface area contributed by atoms with Crippen LogP contribution in [0.2, 0.25) is 0 Å². The van der Waals surface area contributed by atoms with Crippen LogP contribution in [0.4, 0.5) is 11.4 Å². The lowest BCUT2D eigenvalue weighted by atomic mass is 10.1. The molecule has 0 atom stereocenters. The highest BCUT2D eigenvalue weighted by molar-refractivity contribution is 7.19. The first kappa shape index (κ1) is 31.5. The van der Waals surface area contributed by atoms with Crippen molar-refractivity contribution in [3.63, 3.8) is 0 Å². The first-order valence-corrected chi connectivity index (χ1v) is 14.1. The summed E-state index contributed by atoms with van der Waals surface area (Å²) in [7, 11) is 2.86. The fourth-order valence-electron chi connectivity index (χ4n) is 4.16. The van der Waals surface area contributed by atoms with E-state index in [9.17, 15) is 24.3 Å². The van der Waals surface area contributed by atoms with Gasteiger partial charge in [-0.3, -0.25) is 19.2 Å². The molecule has 0 aliphatic rings. The third-order valence-electron chi connectivity index (χ3n) is 6.36. The second kappa shape index (κ2) is 14.2. The molecule has 0 fully saturated rings. The zero-order valence-corrected chi connectivity index (χ0v) is 24.6. The minimum Gasteiger partial charge on any atom is -0.502 e. The Kier molecular flexibility index (Phi) is 10.1. The number of phenols is 1. The zero-order valence-electron chi connectivity index (χ0n) is 23.7. The van der Waals surface area contributed by atoms with Crippen molar-refractivity contribution in [1.29, 1.82) is 0 Å². The first-order chi connectivity index (χ1) is 21.1. The number of nitrogens with zero attached hydrogens (tertiary/aromatic N) is 1. The van der Waals surface area contributed by atoms with Gasteiger partial charge in [-0.1, -0.05) is 24.3 Å². The van der Waals surface area contributed by atoms with Crippen molar-refractivity contribution in [1.82, 2.24) is 4.98 Å². The number of nitrogens with one attached hydrogen (secondary N) is 2. The van der Waals surface area contributed by atoms with Crippen LogP contribution in [-0.2, 0) is 19.2 Å². The number of amides is 2. The molecule has 5 N–H and O–H groups in total. The number of thiazole rings is 1. The molecular formula is C31H29N3O9S. The van der Waals surface area contributed by atoms with Crippen molar-refractivity contribution < 1.29 is 44.0 Å². The van der Waals surface area contributed by atoms with E-state index in [-0.39, 0.29) is 42.9 Å². The molecule has 0 aliphatic carbocycles. The number of carbonyl (C=O) groups is 4. The molecule has 1 aromatic heterocycles. The predicted molar refractivity (Wildman–Crippen MR) is 164 cm³/mol. The van der Waals surface area contributed by atoms with E-state index in [1.165, 1.54) is 25.6 Å². The molecule has 13 heteroatoms. The largest absolute Gasteiger partial charge is 0.502 e. The molecule has 0 aliphatic heterocycles. The summed E-state index contributed by atoms with van der Waals surface area (Å²) in [5.74, 6) is -2.65. The van der Waals surface area contributed by atoms with Gasteiger partial charge in [0.1, 0.15) is 5.01 Å². The fraction of sp³-hybridized carbons (Fsp3) is 0.194. The van der Waals surface area contributed by atoms with Crippen LogP contribution in [0, 0.1) is 0 Å². The summed E-state index contributed by atoms with van der Waals surface area (Å²) in [6.45, 7) is 0. The van der Waals surface area contributed by atoms with Crippen molar-refractivity contribution in [3.8, 4) is 49.5 Å². The monoisotopic (exact) mass is 619 g/mol. The molecule has 0 saturated heterocycles. The van der Waals surface area contributed by atoms with Gasteiger partial charge in [0.25, 0.3) is 0 Å². The highest BCUT2D eigenvalue weighted by atomic mass is 32.1. The molecule has 1 heterocycles. The van der Waals surface area contributed by atoms with Crippen molar-refractivity contribution in [3.05, 3.63) is 60.7 Å². The number of aromatic hydroxyl groups is 1. The van der Waals surface area contributed by atoms with Crippen LogP contribution in [0.1, 0.15) is 25.7 Å². The van der Waals surface area contributed by atoms with Gasteiger partial charge in [-0.25, -0.2) is 4.98 Å². The molecule has 2 amide bonds. The summed E-state index contributed by atoms with van der Waals surface area (Å²) >= 11 is 1.38. The maximum Gasteiger partial charge on any atom is 0.303 e. The number of carboxylic acids is 2. The summed E-state index contributed by atoms with van der Waals surface area (Å²) in [5.41, 5.74) is 3.78. The molecule has 44 heavy (non-hydrogen) atoms. The summed E-state index contributed by atoms with van der Waals surface area (Å²) in [6.07, 6.45) is -0.831. The van der Waals surface area contributed by atoms with Crippen LogP contribution >= 0.6 is 11.3 Å². The van der Waals surface area contributed by atoms with Gasteiger partial charge < -0.3 is 35.4 Å². The summed E-state index contributed by atoms with van der Waals surface area (Å²) in [5, 5.41) is 34.0. The van der Waals surface area contributed by atoms with Crippen molar-refractivity contribution in [2.45, 2.75) is 25.7 Å². The molecule has 0 bridgehead atoms. The predicted octanol–water partition coefficient (Wildman–Crippen LogP) is 5.47. The number of hydrogen-bond donors (Lipinski definition) is 5. The summed E-state index contributed by atoms with van der Waals surface area (Å²) in [6, 6.07) is 17.3. The SMILES string of the molecule is COc1cc(-c2nc(-c3ccc(NC(=O)CCC(=O)O)cc3)c(-c3ccc(NC(=O)CCC(=O)O)cc3)s2)cc(OC)c1O. The average Bonchev–Trinajstić information content (AvgIpc) is 3.45. The Morgan fingerprint density at radius 3 is 1.59 bits per heavy atom. The minimum atomic E-state index is -1.06. The molecular weight excluding hydrogens is 590 g/mol. The summed E-state index contributed by atoms with van der Waals surface area (Å²) < 4.78 is 10.6. The van der Waals surface area contributed by atoms with Crippen molar-refractivity contribution in [2.75, 3.05) is 24.9 Å². The van der Waals surface area contributed by atoms with Gasteiger partial charge in [-0.15, -0.1) is 11.3 Å². The van der Waals surface area contributed by atoms with Gasteiger partial charge in [0, 0.05) is 35.3 Å². The highest BCUT2D eigenvalue weighted by Crippen LogP contribution is 2.45. The van der Waals surface area contributed by atoms with Crippen LogP contribution in [0.3, 0.4) is 0 Å². The zero-order chi connectivity index (χ0) is 31.8.